The van der Waals surface area contributed by atoms with E-state index in [9.17, 15) is 17.0 Å². The molecule has 8 heteroatoms. The van der Waals surface area contributed by atoms with Crippen LogP contribution in [0.1, 0.15) is 5.56 Å². The van der Waals surface area contributed by atoms with Crippen LogP contribution in [0.5, 0.6) is 0 Å². The highest BCUT2D eigenvalue weighted by molar-refractivity contribution is 7.89. The van der Waals surface area contributed by atoms with Crippen molar-refractivity contribution in [1.82, 2.24) is 4.31 Å². The van der Waals surface area contributed by atoms with Crippen LogP contribution in [-0.2, 0) is 27.4 Å². The SMILES string of the molecule is NCc1ccc(F)cc1S(=O)(=O)N1CCS(=O)CC1. The van der Waals surface area contributed by atoms with E-state index in [1.54, 1.807) is 0 Å². The third-order valence-electron chi connectivity index (χ3n) is 3.00. The van der Waals surface area contributed by atoms with E-state index in [2.05, 4.69) is 0 Å². The number of nitrogens with two attached hydrogens (primary N) is 1. The summed E-state index contributed by atoms with van der Waals surface area (Å²) >= 11 is 0. The molecule has 1 heterocycles. The van der Waals surface area contributed by atoms with Crippen molar-refractivity contribution in [3.63, 3.8) is 0 Å². The van der Waals surface area contributed by atoms with Crippen LogP contribution in [0.25, 0.3) is 0 Å². The lowest BCUT2D eigenvalue weighted by Gasteiger charge is -2.26. The van der Waals surface area contributed by atoms with Gasteiger partial charge in [-0.1, -0.05) is 6.07 Å². The Morgan fingerprint density at radius 1 is 1.32 bits per heavy atom. The first-order valence-electron chi connectivity index (χ1n) is 5.79. The molecule has 19 heavy (non-hydrogen) atoms. The second-order valence-electron chi connectivity index (χ2n) is 4.21. The predicted octanol–water partition coefficient (Wildman–Crippen LogP) is 0.0374. The van der Waals surface area contributed by atoms with E-state index in [-0.39, 0.29) is 24.5 Å². The number of rotatable bonds is 3. The van der Waals surface area contributed by atoms with Gasteiger partial charge in [-0.15, -0.1) is 0 Å². The van der Waals surface area contributed by atoms with Gasteiger partial charge in [-0.2, -0.15) is 4.31 Å². The number of sulfonamides is 1. The number of hydrogen-bond acceptors (Lipinski definition) is 4. The molecule has 0 aromatic heterocycles. The number of hydrogen-bond donors (Lipinski definition) is 1. The lowest BCUT2D eigenvalue weighted by molar-refractivity contribution is 0.437. The Morgan fingerprint density at radius 3 is 2.53 bits per heavy atom. The maximum absolute atomic E-state index is 13.3. The van der Waals surface area contributed by atoms with E-state index >= 15 is 0 Å². The first kappa shape index (κ1) is 14.6. The molecule has 2 rings (SSSR count). The summed E-state index contributed by atoms with van der Waals surface area (Å²) in [4.78, 5) is -0.0947. The monoisotopic (exact) mass is 306 g/mol. The van der Waals surface area contributed by atoms with Gasteiger partial charge in [-0.3, -0.25) is 4.21 Å². The molecule has 0 radical (unpaired) electrons. The van der Waals surface area contributed by atoms with Gasteiger partial charge in [-0.05, 0) is 17.7 Å². The fourth-order valence-corrected chi connectivity index (χ4v) is 4.91. The minimum atomic E-state index is -3.77. The van der Waals surface area contributed by atoms with Crippen molar-refractivity contribution in [3.8, 4) is 0 Å². The molecule has 0 atom stereocenters. The zero-order valence-corrected chi connectivity index (χ0v) is 11.8. The van der Waals surface area contributed by atoms with E-state index < -0.39 is 26.6 Å². The molecule has 1 aromatic carbocycles. The maximum atomic E-state index is 13.3. The number of halogens is 1. The molecule has 0 aliphatic carbocycles. The van der Waals surface area contributed by atoms with Crippen molar-refractivity contribution in [2.24, 2.45) is 5.73 Å². The lowest BCUT2D eigenvalue weighted by atomic mass is 10.2. The fourth-order valence-electron chi connectivity index (χ4n) is 1.94. The summed E-state index contributed by atoms with van der Waals surface area (Å²) in [5.41, 5.74) is 5.88. The molecule has 2 N–H and O–H groups in total. The largest absolute Gasteiger partial charge is 0.326 e. The first-order valence-corrected chi connectivity index (χ1v) is 8.71. The maximum Gasteiger partial charge on any atom is 0.243 e. The van der Waals surface area contributed by atoms with Crippen molar-refractivity contribution >= 4 is 20.8 Å². The first-order chi connectivity index (χ1) is 8.95. The molecule has 0 unspecified atom stereocenters. The van der Waals surface area contributed by atoms with Gasteiger partial charge in [0.05, 0.1) is 4.90 Å². The Morgan fingerprint density at radius 2 is 1.95 bits per heavy atom. The summed E-state index contributed by atoms with van der Waals surface area (Å²) < 4.78 is 50.6. The molecule has 1 aromatic rings. The molecule has 0 amide bonds. The summed E-state index contributed by atoms with van der Waals surface area (Å²) in [6, 6.07) is 3.56. The van der Waals surface area contributed by atoms with Gasteiger partial charge in [-0.25, -0.2) is 12.8 Å². The highest BCUT2D eigenvalue weighted by Crippen LogP contribution is 2.22. The van der Waals surface area contributed by atoms with Crippen LogP contribution in [0.3, 0.4) is 0 Å². The smallest absolute Gasteiger partial charge is 0.243 e. The molecular formula is C11H15FN2O3S2. The summed E-state index contributed by atoms with van der Waals surface area (Å²) in [5, 5.41) is 0. The Balaban J connectivity index is 2.39. The quantitative estimate of drug-likeness (QED) is 0.855. The Labute approximate surface area is 114 Å². The predicted molar refractivity (Wildman–Crippen MR) is 70.9 cm³/mol. The van der Waals surface area contributed by atoms with Gasteiger partial charge in [0.15, 0.2) is 0 Å². The molecular weight excluding hydrogens is 291 g/mol. The van der Waals surface area contributed by atoms with Crippen LogP contribution in [0, 0.1) is 5.82 Å². The van der Waals surface area contributed by atoms with Gasteiger partial charge in [0.1, 0.15) is 5.82 Å². The molecule has 1 fully saturated rings. The normalized spacial score (nSPS) is 18.6. The van der Waals surface area contributed by atoms with Crippen LogP contribution >= 0.6 is 0 Å². The van der Waals surface area contributed by atoms with Crippen molar-refractivity contribution in [1.29, 1.82) is 0 Å². The van der Waals surface area contributed by atoms with Crippen molar-refractivity contribution in [3.05, 3.63) is 29.6 Å². The highest BCUT2D eigenvalue weighted by Gasteiger charge is 2.29. The average molecular weight is 306 g/mol. The molecule has 5 nitrogen and oxygen atoms in total. The van der Waals surface area contributed by atoms with E-state index in [4.69, 9.17) is 5.73 Å². The molecule has 0 saturated carbocycles. The van der Waals surface area contributed by atoms with Crippen molar-refractivity contribution in [2.45, 2.75) is 11.4 Å². The van der Waals surface area contributed by atoms with E-state index in [0.29, 0.717) is 17.1 Å². The number of benzene rings is 1. The van der Waals surface area contributed by atoms with Crippen LogP contribution in [0.2, 0.25) is 0 Å². The third-order valence-corrected chi connectivity index (χ3v) is 6.26. The molecule has 1 aliphatic heterocycles. The van der Waals surface area contributed by atoms with Crippen LogP contribution < -0.4 is 5.73 Å². The second kappa shape index (κ2) is 5.66. The summed E-state index contributed by atoms with van der Waals surface area (Å²) in [5.74, 6) is 0.00954. The van der Waals surface area contributed by atoms with E-state index in [1.165, 1.54) is 16.4 Å². The highest BCUT2D eigenvalue weighted by atomic mass is 32.2. The van der Waals surface area contributed by atoms with Crippen molar-refractivity contribution in [2.75, 3.05) is 24.6 Å². The van der Waals surface area contributed by atoms with Gasteiger partial charge in [0.25, 0.3) is 0 Å². The fraction of sp³-hybridized carbons (Fsp3) is 0.455. The zero-order valence-electron chi connectivity index (χ0n) is 10.2. The summed E-state index contributed by atoms with van der Waals surface area (Å²) in [6.45, 7) is 0.402. The average Bonchev–Trinajstić information content (AvgIpc) is 2.39. The molecule has 0 spiro atoms. The van der Waals surface area contributed by atoms with Gasteiger partial charge in [0.2, 0.25) is 10.0 Å². The van der Waals surface area contributed by atoms with Crippen LogP contribution in [0.4, 0.5) is 4.39 Å². The molecule has 0 bridgehead atoms. The summed E-state index contributed by atoms with van der Waals surface area (Å²) in [7, 11) is -4.74. The molecule has 106 valence electrons. The van der Waals surface area contributed by atoms with Crippen molar-refractivity contribution < 1.29 is 17.0 Å². The lowest BCUT2D eigenvalue weighted by Crippen LogP contribution is -2.42. The summed E-state index contributed by atoms with van der Waals surface area (Å²) in [6.07, 6.45) is 0. The van der Waals surface area contributed by atoms with Crippen LogP contribution in [0.15, 0.2) is 23.1 Å². The van der Waals surface area contributed by atoms with E-state index in [0.717, 1.165) is 6.07 Å². The zero-order chi connectivity index (χ0) is 14.0. The second-order valence-corrected chi connectivity index (χ2v) is 7.81. The number of nitrogens with zero attached hydrogens (tertiary/aromatic N) is 1. The Bertz CT molecular complexity index is 594. The van der Waals surface area contributed by atoms with Gasteiger partial charge in [0, 0.05) is 41.9 Å². The third kappa shape index (κ3) is 3.02. The standard InChI is InChI=1S/C11H15FN2O3S2/c12-10-2-1-9(8-13)11(7-10)19(16,17)14-3-5-18(15)6-4-14/h1-2,7H,3-6,8,13H2. The topological polar surface area (TPSA) is 80.5 Å². The van der Waals surface area contributed by atoms with Crippen LogP contribution in [-0.4, -0.2) is 41.5 Å². The van der Waals surface area contributed by atoms with E-state index in [1.807, 2.05) is 0 Å². The minimum absolute atomic E-state index is 0.0224. The Hall–Kier alpha value is -0.830. The molecule has 1 saturated heterocycles. The molecule has 1 aliphatic rings. The Kier molecular flexibility index (Phi) is 4.34. The van der Waals surface area contributed by atoms with Gasteiger partial charge < -0.3 is 5.73 Å². The van der Waals surface area contributed by atoms with Gasteiger partial charge >= 0.3 is 0 Å². The minimum Gasteiger partial charge on any atom is -0.326 e.